The van der Waals surface area contributed by atoms with Gasteiger partial charge in [-0.3, -0.25) is 19.2 Å². The molecular formula is C10H22N4O8. The van der Waals surface area contributed by atoms with Crippen LogP contribution in [0.3, 0.4) is 0 Å². The molecule has 0 unspecified atom stereocenters. The number of carboxylic acids is 4. The predicted molar refractivity (Wildman–Crippen MR) is 73.4 cm³/mol. The maximum absolute atomic E-state index is 10.7. The Morgan fingerprint density at radius 2 is 0.955 bits per heavy atom. The number of carbonyl (C=O) groups is 4. The van der Waals surface area contributed by atoms with E-state index in [2.05, 4.69) is 10.6 Å². The monoisotopic (exact) mass is 326 g/mol. The molecule has 0 amide bonds. The fraction of sp³-hybridized carbons (Fsp3) is 0.600. The van der Waals surface area contributed by atoms with Gasteiger partial charge in [0.2, 0.25) is 0 Å². The van der Waals surface area contributed by atoms with Crippen LogP contribution in [0.5, 0.6) is 0 Å². The van der Waals surface area contributed by atoms with Crippen LogP contribution in [0, 0.1) is 0 Å². The van der Waals surface area contributed by atoms with Crippen LogP contribution < -0.4 is 22.9 Å². The van der Waals surface area contributed by atoms with E-state index < -0.39 is 48.8 Å². The molecule has 12 N–H and O–H groups in total. The van der Waals surface area contributed by atoms with Crippen LogP contribution in [0.4, 0.5) is 0 Å². The molecule has 0 heterocycles. The summed E-state index contributed by atoms with van der Waals surface area (Å²) < 4.78 is 0. The zero-order valence-electron chi connectivity index (χ0n) is 11.8. The Morgan fingerprint density at radius 3 is 1.14 bits per heavy atom. The van der Waals surface area contributed by atoms with Crippen LogP contribution in [0.2, 0.25) is 0 Å². The van der Waals surface area contributed by atoms with Gasteiger partial charge >= 0.3 is 23.9 Å². The minimum atomic E-state index is -1.34. The Bertz CT molecular complexity index is 353. The Kier molecular flexibility index (Phi) is 14.0. The largest absolute Gasteiger partial charge is 0.481 e. The normalized spacial score (nSPS) is 12.2. The first-order chi connectivity index (χ1) is 9.23. The van der Waals surface area contributed by atoms with E-state index in [0.717, 1.165) is 0 Å². The number of hydrogen-bond acceptors (Lipinski definition) is 8. The third-order valence-electron chi connectivity index (χ3n) is 2.26. The molecule has 2 atom stereocenters. The number of nitrogens with one attached hydrogen (secondary N) is 2. The van der Waals surface area contributed by atoms with Gasteiger partial charge in [0.05, 0.1) is 12.8 Å². The van der Waals surface area contributed by atoms with Crippen molar-refractivity contribution in [1.29, 1.82) is 0 Å². The summed E-state index contributed by atoms with van der Waals surface area (Å²) in [5, 5.41) is 39.2. The molecule has 0 aliphatic heterocycles. The highest BCUT2D eigenvalue weighted by Gasteiger charge is 2.22. The van der Waals surface area contributed by atoms with E-state index in [4.69, 9.17) is 20.4 Å². The van der Waals surface area contributed by atoms with E-state index in [9.17, 15) is 19.2 Å². The maximum atomic E-state index is 10.7. The molecule has 12 heteroatoms. The van der Waals surface area contributed by atoms with Gasteiger partial charge in [-0.1, -0.05) is 0 Å². The minimum absolute atomic E-state index is 0. The number of aliphatic carboxylic acids is 4. The molecular weight excluding hydrogens is 304 g/mol. The second-order valence-electron chi connectivity index (χ2n) is 3.89. The first-order valence-corrected chi connectivity index (χ1v) is 5.60. The van der Waals surface area contributed by atoms with Crippen molar-refractivity contribution in [3.63, 3.8) is 0 Å². The fourth-order valence-corrected chi connectivity index (χ4v) is 1.34. The van der Waals surface area contributed by atoms with Crippen molar-refractivity contribution in [2.24, 2.45) is 0 Å². The van der Waals surface area contributed by atoms with Gasteiger partial charge in [0, 0.05) is 13.1 Å². The summed E-state index contributed by atoms with van der Waals surface area (Å²) in [6, 6.07) is -2.59. The molecule has 0 saturated carbocycles. The molecule has 0 radical (unpaired) electrons. The highest BCUT2D eigenvalue weighted by molar-refractivity contribution is 5.81. The lowest BCUT2D eigenvalue weighted by atomic mass is 10.2. The molecule has 0 spiro atoms. The van der Waals surface area contributed by atoms with Crippen LogP contribution in [0.25, 0.3) is 0 Å². The van der Waals surface area contributed by atoms with Gasteiger partial charge in [0.25, 0.3) is 0 Å². The van der Waals surface area contributed by atoms with Crippen molar-refractivity contribution in [2.75, 3.05) is 13.1 Å². The maximum Gasteiger partial charge on any atom is 0.321 e. The minimum Gasteiger partial charge on any atom is -0.481 e. The lowest BCUT2D eigenvalue weighted by molar-refractivity contribution is -0.146. The summed E-state index contributed by atoms with van der Waals surface area (Å²) in [6.45, 7) is -0.0404. The third-order valence-corrected chi connectivity index (χ3v) is 2.26. The van der Waals surface area contributed by atoms with E-state index >= 15 is 0 Å². The lowest BCUT2D eigenvalue weighted by Gasteiger charge is -2.15. The highest BCUT2D eigenvalue weighted by Crippen LogP contribution is 1.94. The van der Waals surface area contributed by atoms with Crippen LogP contribution in [0.15, 0.2) is 0 Å². The average molecular weight is 326 g/mol. The van der Waals surface area contributed by atoms with E-state index in [1.54, 1.807) is 0 Å². The first kappa shape index (κ1) is 24.7. The van der Waals surface area contributed by atoms with Crippen molar-refractivity contribution >= 4 is 23.9 Å². The second kappa shape index (κ2) is 12.5. The molecule has 0 bridgehead atoms. The van der Waals surface area contributed by atoms with Gasteiger partial charge in [-0.25, -0.2) is 0 Å². The van der Waals surface area contributed by atoms with Gasteiger partial charge in [-0.15, -0.1) is 0 Å². The van der Waals surface area contributed by atoms with Crippen molar-refractivity contribution in [3.05, 3.63) is 0 Å². The summed E-state index contributed by atoms with van der Waals surface area (Å²) in [4.78, 5) is 42.2. The number of carboxylic acid groups (broad SMARTS) is 4. The molecule has 0 aromatic heterocycles. The standard InChI is InChI=1S/C10H16N2O8.2H3N/c13-7(14)3-5(9(17)18)11-1-2-12-6(10(19)20)4-8(15)16;;/h5-6,11-12H,1-4H2,(H,13,14)(H,15,16)(H,17,18)(H,19,20);2*1H3/t5-,6-;;/m0../s1. The van der Waals surface area contributed by atoms with E-state index in [1.165, 1.54) is 0 Å². The van der Waals surface area contributed by atoms with Gasteiger partial charge in [0.1, 0.15) is 12.1 Å². The molecule has 0 aromatic rings. The summed E-state index contributed by atoms with van der Waals surface area (Å²) in [6.07, 6.45) is -1.24. The van der Waals surface area contributed by atoms with Crippen molar-refractivity contribution in [2.45, 2.75) is 24.9 Å². The summed E-state index contributed by atoms with van der Waals surface area (Å²) in [5.41, 5.74) is 0. The summed E-state index contributed by atoms with van der Waals surface area (Å²) >= 11 is 0. The van der Waals surface area contributed by atoms with Crippen LogP contribution in [-0.4, -0.2) is 69.5 Å². The summed E-state index contributed by atoms with van der Waals surface area (Å²) in [7, 11) is 0. The van der Waals surface area contributed by atoms with Gasteiger partial charge < -0.3 is 43.4 Å². The molecule has 0 saturated heterocycles. The molecule has 0 aliphatic rings. The van der Waals surface area contributed by atoms with Crippen molar-refractivity contribution in [1.82, 2.24) is 22.9 Å². The third kappa shape index (κ3) is 11.5. The first-order valence-electron chi connectivity index (χ1n) is 5.60. The average Bonchev–Trinajstić information content (AvgIpc) is 2.29. The number of rotatable bonds is 11. The fourth-order valence-electron chi connectivity index (χ4n) is 1.34. The quantitative estimate of drug-likeness (QED) is 0.199. The highest BCUT2D eigenvalue weighted by atomic mass is 16.4. The van der Waals surface area contributed by atoms with Crippen LogP contribution in [-0.2, 0) is 19.2 Å². The number of hydrogen-bond donors (Lipinski definition) is 8. The van der Waals surface area contributed by atoms with E-state index in [1.807, 2.05) is 0 Å². The molecule has 0 aliphatic carbocycles. The Balaban J connectivity index is -0.00000180. The van der Waals surface area contributed by atoms with E-state index in [-0.39, 0.29) is 25.4 Å². The smallest absolute Gasteiger partial charge is 0.321 e. The molecule has 0 aromatic carbocycles. The lowest BCUT2D eigenvalue weighted by Crippen LogP contribution is -2.45. The molecule has 0 fully saturated rings. The van der Waals surface area contributed by atoms with Gasteiger partial charge in [-0.2, -0.15) is 0 Å². The van der Waals surface area contributed by atoms with Gasteiger partial charge in [0.15, 0.2) is 0 Å². The van der Waals surface area contributed by atoms with Crippen LogP contribution in [0.1, 0.15) is 12.8 Å². The molecule has 0 rings (SSSR count). The van der Waals surface area contributed by atoms with E-state index in [0.29, 0.717) is 0 Å². The second-order valence-corrected chi connectivity index (χ2v) is 3.89. The Morgan fingerprint density at radius 1 is 0.682 bits per heavy atom. The molecule has 130 valence electrons. The Hall–Kier alpha value is -2.28. The zero-order valence-corrected chi connectivity index (χ0v) is 11.8. The predicted octanol–water partition coefficient (Wildman–Crippen LogP) is -1.65. The summed E-state index contributed by atoms with van der Waals surface area (Å²) in [5.74, 6) is -5.25. The van der Waals surface area contributed by atoms with Crippen molar-refractivity contribution < 1.29 is 39.6 Å². The van der Waals surface area contributed by atoms with Gasteiger partial charge in [-0.05, 0) is 0 Å². The van der Waals surface area contributed by atoms with Crippen molar-refractivity contribution in [3.8, 4) is 0 Å². The Labute approximate surface area is 125 Å². The molecule has 12 nitrogen and oxygen atoms in total. The molecule has 22 heavy (non-hydrogen) atoms. The zero-order chi connectivity index (χ0) is 15.7. The topological polar surface area (TPSA) is 243 Å². The SMILES string of the molecule is N.N.O=C(O)C[C@H](NCCN[C@@H](CC(=O)O)C(=O)O)C(=O)O. The van der Waals surface area contributed by atoms with Crippen LogP contribution >= 0.6 is 0 Å².